The summed E-state index contributed by atoms with van der Waals surface area (Å²) < 4.78 is 32.6. The predicted octanol–water partition coefficient (Wildman–Crippen LogP) is 3.07. The van der Waals surface area contributed by atoms with E-state index in [1.165, 1.54) is 25.3 Å². The molecule has 0 aliphatic heterocycles. The summed E-state index contributed by atoms with van der Waals surface area (Å²) in [5.74, 6) is -0.106. The van der Waals surface area contributed by atoms with Crippen molar-refractivity contribution in [2.75, 3.05) is 24.5 Å². The minimum absolute atomic E-state index is 0.0744. The Morgan fingerprint density at radius 2 is 1.88 bits per heavy atom. The summed E-state index contributed by atoms with van der Waals surface area (Å²) in [5.41, 5.74) is 0.204. The minimum atomic E-state index is -3.99. The molecule has 1 amide bonds. The van der Waals surface area contributed by atoms with Crippen LogP contribution in [0.4, 0.5) is 5.69 Å². The quantitative estimate of drug-likeness (QED) is 0.744. The van der Waals surface area contributed by atoms with E-state index in [0.717, 1.165) is 10.7 Å². The summed E-state index contributed by atoms with van der Waals surface area (Å²) in [6.07, 6.45) is 0.748. The number of anilines is 1. The van der Waals surface area contributed by atoms with Gasteiger partial charge in [0.2, 0.25) is 5.91 Å². The van der Waals surface area contributed by atoms with Crippen LogP contribution in [0.3, 0.4) is 0 Å². The standard InChI is InChI=1S/C18H21ClN2O4S/c1-3-11-20-18(22)13-21(16-12-14(19)9-10-17(16)25-2)26(23,24)15-7-5-4-6-8-15/h4-10,12H,3,11,13H2,1-2H3,(H,20,22). The van der Waals surface area contributed by atoms with E-state index < -0.39 is 15.9 Å². The van der Waals surface area contributed by atoms with Crippen molar-refractivity contribution >= 4 is 33.2 Å². The average Bonchev–Trinajstić information content (AvgIpc) is 2.65. The van der Waals surface area contributed by atoms with Gasteiger partial charge in [0.15, 0.2) is 0 Å². The van der Waals surface area contributed by atoms with Crippen LogP contribution in [-0.4, -0.2) is 34.5 Å². The number of amides is 1. The second-order valence-electron chi connectivity index (χ2n) is 5.49. The van der Waals surface area contributed by atoms with Crippen molar-refractivity contribution in [2.45, 2.75) is 18.2 Å². The van der Waals surface area contributed by atoms with Gasteiger partial charge in [0.25, 0.3) is 10.0 Å². The predicted molar refractivity (Wildman–Crippen MR) is 102 cm³/mol. The van der Waals surface area contributed by atoms with Crippen molar-refractivity contribution in [1.82, 2.24) is 5.32 Å². The number of benzene rings is 2. The van der Waals surface area contributed by atoms with Gasteiger partial charge in [-0.3, -0.25) is 9.10 Å². The highest BCUT2D eigenvalue weighted by Crippen LogP contribution is 2.34. The van der Waals surface area contributed by atoms with Crippen LogP contribution in [0.25, 0.3) is 0 Å². The molecule has 0 spiro atoms. The van der Waals surface area contributed by atoms with Gasteiger partial charge < -0.3 is 10.1 Å². The molecule has 26 heavy (non-hydrogen) atoms. The highest BCUT2D eigenvalue weighted by molar-refractivity contribution is 7.92. The van der Waals surface area contributed by atoms with E-state index in [2.05, 4.69) is 5.32 Å². The highest BCUT2D eigenvalue weighted by atomic mass is 35.5. The van der Waals surface area contributed by atoms with Crippen molar-refractivity contribution in [1.29, 1.82) is 0 Å². The van der Waals surface area contributed by atoms with Gasteiger partial charge in [-0.2, -0.15) is 0 Å². The molecule has 2 rings (SSSR count). The van der Waals surface area contributed by atoms with Gasteiger partial charge in [-0.15, -0.1) is 0 Å². The molecule has 0 radical (unpaired) electrons. The van der Waals surface area contributed by atoms with Gasteiger partial charge in [0.1, 0.15) is 12.3 Å². The summed E-state index contributed by atoms with van der Waals surface area (Å²) in [6.45, 7) is 2.00. The first kappa shape index (κ1) is 20.1. The lowest BCUT2D eigenvalue weighted by Gasteiger charge is -2.25. The number of halogens is 1. The maximum absolute atomic E-state index is 13.2. The molecule has 0 fully saturated rings. The third-order valence-corrected chi connectivity index (χ3v) is 5.61. The third kappa shape index (κ3) is 4.68. The molecule has 0 saturated heterocycles. The van der Waals surface area contributed by atoms with E-state index in [4.69, 9.17) is 16.3 Å². The molecule has 140 valence electrons. The van der Waals surface area contributed by atoms with Crippen molar-refractivity contribution in [3.63, 3.8) is 0 Å². The van der Waals surface area contributed by atoms with Crippen molar-refractivity contribution in [3.05, 3.63) is 53.6 Å². The average molecular weight is 397 g/mol. The summed E-state index contributed by atoms with van der Waals surface area (Å²) in [4.78, 5) is 12.3. The van der Waals surface area contributed by atoms with Gasteiger partial charge in [0.05, 0.1) is 17.7 Å². The lowest BCUT2D eigenvalue weighted by Crippen LogP contribution is -2.41. The maximum atomic E-state index is 13.2. The SMILES string of the molecule is CCCNC(=O)CN(c1cc(Cl)ccc1OC)S(=O)(=O)c1ccccc1. The molecule has 0 atom stereocenters. The molecule has 1 N–H and O–H groups in total. The van der Waals surface area contributed by atoms with Crippen LogP contribution in [-0.2, 0) is 14.8 Å². The second-order valence-corrected chi connectivity index (χ2v) is 7.79. The zero-order chi connectivity index (χ0) is 19.2. The monoisotopic (exact) mass is 396 g/mol. The van der Waals surface area contributed by atoms with Crippen LogP contribution >= 0.6 is 11.6 Å². The van der Waals surface area contributed by atoms with E-state index in [-0.39, 0.29) is 17.1 Å². The number of ether oxygens (including phenoxy) is 1. The molecule has 0 unspecified atom stereocenters. The molecule has 0 saturated carbocycles. The van der Waals surface area contributed by atoms with Crippen LogP contribution in [0.2, 0.25) is 5.02 Å². The van der Waals surface area contributed by atoms with Crippen LogP contribution < -0.4 is 14.4 Å². The van der Waals surface area contributed by atoms with E-state index in [1.54, 1.807) is 30.3 Å². The van der Waals surface area contributed by atoms with Crippen LogP contribution in [0.5, 0.6) is 5.75 Å². The van der Waals surface area contributed by atoms with Crippen LogP contribution in [0.15, 0.2) is 53.4 Å². The Kier molecular flexibility index (Phi) is 6.88. The molecule has 0 aliphatic rings. The largest absolute Gasteiger partial charge is 0.495 e. The number of carbonyl (C=O) groups is 1. The molecule has 0 aromatic heterocycles. The number of methoxy groups -OCH3 is 1. The topological polar surface area (TPSA) is 75.7 Å². The van der Waals surface area contributed by atoms with Gasteiger partial charge in [-0.1, -0.05) is 36.7 Å². The fourth-order valence-electron chi connectivity index (χ4n) is 2.33. The molecule has 6 nitrogen and oxygen atoms in total. The molecular formula is C18H21ClN2O4S. The Morgan fingerprint density at radius 3 is 2.50 bits per heavy atom. The number of nitrogens with zero attached hydrogens (tertiary/aromatic N) is 1. The molecule has 8 heteroatoms. The van der Waals surface area contributed by atoms with Crippen LogP contribution in [0, 0.1) is 0 Å². The summed E-state index contributed by atoms with van der Waals surface area (Å²) >= 11 is 6.06. The van der Waals surface area contributed by atoms with E-state index in [0.29, 0.717) is 17.3 Å². The molecule has 0 aliphatic carbocycles. The van der Waals surface area contributed by atoms with Gasteiger partial charge >= 0.3 is 0 Å². The maximum Gasteiger partial charge on any atom is 0.264 e. The Morgan fingerprint density at radius 1 is 1.19 bits per heavy atom. The number of rotatable bonds is 8. The lowest BCUT2D eigenvalue weighted by molar-refractivity contribution is -0.119. The highest BCUT2D eigenvalue weighted by Gasteiger charge is 2.29. The Labute approximate surface area is 158 Å². The smallest absolute Gasteiger partial charge is 0.264 e. The summed E-state index contributed by atoms with van der Waals surface area (Å²) in [5, 5.41) is 3.03. The van der Waals surface area contributed by atoms with Crippen molar-refractivity contribution in [3.8, 4) is 5.75 Å². The summed E-state index contributed by atoms with van der Waals surface area (Å²) in [7, 11) is -2.56. The van der Waals surface area contributed by atoms with Gasteiger partial charge in [0, 0.05) is 11.6 Å². The fraction of sp³-hybridized carbons (Fsp3) is 0.278. The summed E-state index contributed by atoms with van der Waals surface area (Å²) in [6, 6.07) is 12.5. The molecule has 2 aromatic rings. The number of nitrogens with one attached hydrogen (secondary N) is 1. The zero-order valence-corrected chi connectivity index (χ0v) is 16.2. The zero-order valence-electron chi connectivity index (χ0n) is 14.6. The third-order valence-electron chi connectivity index (χ3n) is 3.60. The van der Waals surface area contributed by atoms with E-state index in [9.17, 15) is 13.2 Å². The Hall–Kier alpha value is -2.25. The normalized spacial score (nSPS) is 11.0. The molecule has 0 bridgehead atoms. The van der Waals surface area contributed by atoms with Crippen molar-refractivity contribution < 1.29 is 17.9 Å². The Bertz CT molecular complexity index is 857. The molecule has 2 aromatic carbocycles. The fourth-order valence-corrected chi connectivity index (χ4v) is 3.94. The van der Waals surface area contributed by atoms with Crippen molar-refractivity contribution in [2.24, 2.45) is 0 Å². The van der Waals surface area contributed by atoms with Crippen LogP contribution in [0.1, 0.15) is 13.3 Å². The number of sulfonamides is 1. The number of hydrogen-bond acceptors (Lipinski definition) is 4. The molecular weight excluding hydrogens is 376 g/mol. The minimum Gasteiger partial charge on any atom is -0.495 e. The van der Waals surface area contributed by atoms with E-state index in [1.807, 2.05) is 6.92 Å². The number of carbonyl (C=O) groups excluding carboxylic acids is 1. The van der Waals surface area contributed by atoms with E-state index >= 15 is 0 Å². The number of hydrogen-bond donors (Lipinski definition) is 1. The lowest BCUT2D eigenvalue weighted by atomic mass is 10.3. The first-order chi connectivity index (χ1) is 12.4. The first-order valence-electron chi connectivity index (χ1n) is 8.08. The van der Waals surface area contributed by atoms with Gasteiger partial charge in [-0.05, 0) is 36.8 Å². The molecule has 0 heterocycles. The Balaban J connectivity index is 2.53. The first-order valence-corrected chi connectivity index (χ1v) is 9.90. The second kappa shape index (κ2) is 8.91. The van der Waals surface area contributed by atoms with Gasteiger partial charge in [-0.25, -0.2) is 8.42 Å².